The van der Waals surface area contributed by atoms with Crippen LogP contribution in [-0.2, 0) is 5.75 Å². The number of para-hydroxylation sites is 2. The Balaban J connectivity index is 1.59. The summed E-state index contributed by atoms with van der Waals surface area (Å²) < 4.78 is 5.67. The van der Waals surface area contributed by atoms with E-state index in [1.807, 2.05) is 42.5 Å². The van der Waals surface area contributed by atoms with Crippen molar-refractivity contribution in [3.63, 3.8) is 0 Å². The lowest BCUT2D eigenvalue weighted by Gasteiger charge is -2.07. The SMILES string of the molecule is c1ccc(CS[C]2Nc3ccccc3O2)nc1. The number of hydrogen-bond acceptors (Lipinski definition) is 4. The van der Waals surface area contributed by atoms with Crippen molar-refractivity contribution in [2.45, 2.75) is 5.75 Å². The minimum Gasteiger partial charge on any atom is -0.450 e. The molecule has 1 aromatic heterocycles. The van der Waals surface area contributed by atoms with E-state index in [0.717, 1.165) is 28.4 Å². The van der Waals surface area contributed by atoms with Gasteiger partial charge in [-0.3, -0.25) is 4.98 Å². The summed E-state index contributed by atoms with van der Waals surface area (Å²) in [6.45, 7) is 0. The molecule has 0 unspecified atom stereocenters. The van der Waals surface area contributed by atoms with Gasteiger partial charge in [-0.25, -0.2) is 0 Å². The Morgan fingerprint density at radius 3 is 2.82 bits per heavy atom. The van der Waals surface area contributed by atoms with Crippen LogP contribution < -0.4 is 10.1 Å². The van der Waals surface area contributed by atoms with Gasteiger partial charge in [-0.2, -0.15) is 0 Å². The average molecular weight is 243 g/mol. The molecule has 1 aliphatic heterocycles. The normalized spacial score (nSPS) is 13.9. The van der Waals surface area contributed by atoms with E-state index in [1.165, 1.54) is 0 Å². The van der Waals surface area contributed by atoms with Gasteiger partial charge in [-0.15, -0.1) is 0 Å². The van der Waals surface area contributed by atoms with E-state index in [0.29, 0.717) is 0 Å². The van der Waals surface area contributed by atoms with E-state index in [-0.39, 0.29) is 0 Å². The summed E-state index contributed by atoms with van der Waals surface area (Å²) >= 11 is 1.61. The van der Waals surface area contributed by atoms with Crippen LogP contribution in [0, 0.1) is 5.56 Å². The molecule has 1 aromatic carbocycles. The van der Waals surface area contributed by atoms with Crippen molar-refractivity contribution >= 4 is 17.4 Å². The number of nitrogens with zero attached hydrogens (tertiary/aromatic N) is 1. The van der Waals surface area contributed by atoms with Crippen LogP contribution in [-0.4, -0.2) is 4.98 Å². The maximum atomic E-state index is 5.67. The van der Waals surface area contributed by atoms with Crippen LogP contribution >= 0.6 is 11.8 Å². The van der Waals surface area contributed by atoms with Gasteiger partial charge in [0.25, 0.3) is 5.56 Å². The smallest absolute Gasteiger partial charge is 0.300 e. The summed E-state index contributed by atoms with van der Waals surface area (Å²) in [5, 5.41) is 3.23. The zero-order valence-electron chi connectivity index (χ0n) is 9.09. The molecule has 0 spiro atoms. The third-order valence-corrected chi connectivity index (χ3v) is 3.29. The van der Waals surface area contributed by atoms with Gasteiger partial charge < -0.3 is 10.1 Å². The standard InChI is InChI=1S/C13H11N2OS/c1-2-7-12-11(6-1)15-13(16-12)17-9-10-5-3-4-8-14-10/h1-8,15H,9H2. The summed E-state index contributed by atoms with van der Waals surface area (Å²) in [6, 6.07) is 13.8. The van der Waals surface area contributed by atoms with E-state index in [9.17, 15) is 0 Å². The lowest BCUT2D eigenvalue weighted by Crippen LogP contribution is -2.05. The Labute approximate surface area is 104 Å². The first-order valence-electron chi connectivity index (χ1n) is 5.35. The highest BCUT2D eigenvalue weighted by atomic mass is 32.2. The fourth-order valence-corrected chi connectivity index (χ4v) is 2.36. The zero-order chi connectivity index (χ0) is 11.5. The van der Waals surface area contributed by atoms with Crippen molar-refractivity contribution in [3.8, 4) is 5.75 Å². The first kappa shape index (κ1) is 10.5. The minimum atomic E-state index is 0.803. The van der Waals surface area contributed by atoms with Crippen molar-refractivity contribution < 1.29 is 4.74 Å². The molecule has 2 heterocycles. The number of thioether (sulfide) groups is 1. The van der Waals surface area contributed by atoms with E-state index >= 15 is 0 Å². The molecule has 1 radical (unpaired) electrons. The number of fused-ring (bicyclic) bond motifs is 1. The van der Waals surface area contributed by atoms with E-state index in [2.05, 4.69) is 10.3 Å². The predicted octanol–water partition coefficient (Wildman–Crippen LogP) is 3.27. The number of ether oxygens (including phenoxy) is 1. The molecule has 0 saturated carbocycles. The maximum Gasteiger partial charge on any atom is 0.300 e. The molecular weight excluding hydrogens is 232 g/mol. The van der Waals surface area contributed by atoms with Crippen molar-refractivity contribution in [1.29, 1.82) is 0 Å². The highest BCUT2D eigenvalue weighted by molar-refractivity contribution is 8.01. The first-order chi connectivity index (χ1) is 8.42. The Hall–Kier alpha value is -1.68. The van der Waals surface area contributed by atoms with Gasteiger partial charge in [0.1, 0.15) is 5.75 Å². The maximum absolute atomic E-state index is 5.67. The van der Waals surface area contributed by atoms with Gasteiger partial charge >= 0.3 is 0 Å². The van der Waals surface area contributed by atoms with Crippen molar-refractivity contribution in [2.75, 3.05) is 5.32 Å². The van der Waals surface area contributed by atoms with Gasteiger partial charge in [0.15, 0.2) is 0 Å². The Bertz CT molecular complexity index is 479. The third-order valence-electron chi connectivity index (χ3n) is 2.40. The fraction of sp³-hybridized carbons (Fsp3) is 0.0769. The van der Waals surface area contributed by atoms with Gasteiger partial charge in [-0.1, -0.05) is 30.0 Å². The Morgan fingerprint density at radius 2 is 2.00 bits per heavy atom. The van der Waals surface area contributed by atoms with Crippen molar-refractivity contribution in [3.05, 3.63) is 59.9 Å². The lowest BCUT2D eigenvalue weighted by atomic mass is 10.3. The summed E-state index contributed by atoms with van der Waals surface area (Å²) in [6.07, 6.45) is 1.80. The molecule has 3 nitrogen and oxygen atoms in total. The molecule has 85 valence electrons. The molecule has 0 saturated heterocycles. The summed E-state index contributed by atoms with van der Waals surface area (Å²) in [5.41, 5.74) is 2.89. The predicted molar refractivity (Wildman–Crippen MR) is 69.5 cm³/mol. The average Bonchev–Trinajstić information content (AvgIpc) is 2.80. The lowest BCUT2D eigenvalue weighted by molar-refractivity contribution is 0.426. The van der Waals surface area contributed by atoms with Crippen LogP contribution in [0.2, 0.25) is 0 Å². The highest BCUT2D eigenvalue weighted by Gasteiger charge is 2.23. The molecule has 1 aliphatic rings. The second-order valence-corrected chi connectivity index (χ2v) is 4.57. The van der Waals surface area contributed by atoms with E-state index < -0.39 is 0 Å². The van der Waals surface area contributed by atoms with Gasteiger partial charge in [-0.05, 0) is 24.3 Å². The third kappa shape index (κ3) is 2.36. The van der Waals surface area contributed by atoms with E-state index in [4.69, 9.17) is 4.74 Å². The largest absolute Gasteiger partial charge is 0.450 e. The summed E-state index contributed by atoms with van der Waals surface area (Å²) in [7, 11) is 0. The van der Waals surface area contributed by atoms with Crippen LogP contribution in [0.3, 0.4) is 0 Å². The monoisotopic (exact) mass is 243 g/mol. The van der Waals surface area contributed by atoms with Gasteiger partial charge in [0, 0.05) is 11.9 Å². The first-order valence-corrected chi connectivity index (χ1v) is 6.34. The van der Waals surface area contributed by atoms with Gasteiger partial charge in [0.2, 0.25) is 0 Å². The molecule has 0 fully saturated rings. The van der Waals surface area contributed by atoms with Crippen LogP contribution in [0.15, 0.2) is 48.7 Å². The molecule has 2 aromatic rings. The molecule has 0 atom stereocenters. The molecule has 17 heavy (non-hydrogen) atoms. The van der Waals surface area contributed by atoms with Crippen LogP contribution in [0.1, 0.15) is 5.69 Å². The fourth-order valence-electron chi connectivity index (χ4n) is 1.58. The summed E-state index contributed by atoms with van der Waals surface area (Å²) in [5.74, 6) is 1.69. The van der Waals surface area contributed by atoms with Crippen LogP contribution in [0.5, 0.6) is 5.75 Å². The van der Waals surface area contributed by atoms with Crippen LogP contribution in [0.4, 0.5) is 5.69 Å². The number of rotatable bonds is 3. The number of aromatic nitrogens is 1. The molecule has 1 N–H and O–H groups in total. The Morgan fingerprint density at radius 1 is 1.12 bits per heavy atom. The minimum absolute atomic E-state index is 0.803. The summed E-state index contributed by atoms with van der Waals surface area (Å²) in [4.78, 5) is 4.27. The Kier molecular flexibility index (Phi) is 2.88. The van der Waals surface area contributed by atoms with Crippen molar-refractivity contribution in [2.24, 2.45) is 0 Å². The van der Waals surface area contributed by atoms with Crippen LogP contribution in [0.25, 0.3) is 0 Å². The van der Waals surface area contributed by atoms with Gasteiger partial charge in [0.05, 0.1) is 11.4 Å². The molecule has 4 heteroatoms. The molecule has 0 bridgehead atoms. The zero-order valence-corrected chi connectivity index (χ0v) is 9.91. The number of nitrogens with one attached hydrogen (secondary N) is 1. The second kappa shape index (κ2) is 4.67. The highest BCUT2D eigenvalue weighted by Crippen LogP contribution is 2.39. The number of anilines is 1. The number of benzene rings is 1. The number of pyridine rings is 1. The number of hydrogen-bond donors (Lipinski definition) is 1. The topological polar surface area (TPSA) is 34.1 Å². The quantitative estimate of drug-likeness (QED) is 0.897. The second-order valence-electron chi connectivity index (χ2n) is 3.62. The molecule has 3 rings (SSSR count). The molecular formula is C13H11N2OS. The molecule has 0 aliphatic carbocycles. The van der Waals surface area contributed by atoms with Crippen molar-refractivity contribution in [1.82, 2.24) is 4.98 Å². The molecule has 0 amide bonds. The van der Waals surface area contributed by atoms with E-state index in [1.54, 1.807) is 18.0 Å².